The Kier molecular flexibility index (Phi) is 3.04. The van der Waals surface area contributed by atoms with Gasteiger partial charge in [0.15, 0.2) is 0 Å². The van der Waals surface area contributed by atoms with Crippen molar-refractivity contribution in [1.29, 1.82) is 0 Å². The van der Waals surface area contributed by atoms with Crippen LogP contribution in [-0.4, -0.2) is 20.4 Å². The Morgan fingerprint density at radius 1 is 1.30 bits per heavy atom. The van der Waals surface area contributed by atoms with Gasteiger partial charge in [-0.1, -0.05) is 11.6 Å². The maximum atomic E-state index is 12.1. The average molecular weight is 288 g/mol. The van der Waals surface area contributed by atoms with Gasteiger partial charge in [0.1, 0.15) is 5.75 Å². The summed E-state index contributed by atoms with van der Waals surface area (Å²) in [5.74, 6) is -0.362. The second-order valence-corrected chi connectivity index (χ2v) is 4.69. The normalized spacial score (nSPS) is 10.7. The number of halogens is 1. The molecule has 5 nitrogen and oxygen atoms in total. The molecule has 0 atom stereocenters. The van der Waals surface area contributed by atoms with E-state index in [2.05, 4.69) is 10.3 Å². The number of pyridine rings is 1. The number of carbonyl (C=O) groups is 1. The third kappa shape index (κ3) is 2.31. The average Bonchev–Trinajstić information content (AvgIpc) is 2.90. The van der Waals surface area contributed by atoms with Gasteiger partial charge >= 0.3 is 0 Å². The van der Waals surface area contributed by atoms with Crippen molar-refractivity contribution < 1.29 is 9.90 Å². The predicted octanol–water partition coefficient (Wildman–Crippen LogP) is 2.95. The van der Waals surface area contributed by atoms with E-state index in [0.717, 1.165) is 5.52 Å². The number of amides is 1. The Labute approximate surface area is 119 Å². The Bertz CT molecular complexity index is 798. The molecule has 1 aromatic carbocycles. The van der Waals surface area contributed by atoms with Crippen LogP contribution >= 0.6 is 11.6 Å². The van der Waals surface area contributed by atoms with Crippen molar-refractivity contribution in [2.24, 2.45) is 0 Å². The summed E-state index contributed by atoms with van der Waals surface area (Å²) in [6.07, 6.45) is 5.06. The highest BCUT2D eigenvalue weighted by atomic mass is 35.5. The first-order valence-electron chi connectivity index (χ1n) is 5.85. The maximum Gasteiger partial charge on any atom is 0.255 e. The summed E-state index contributed by atoms with van der Waals surface area (Å²) in [5, 5.41) is 12.7. The second kappa shape index (κ2) is 4.86. The highest BCUT2D eigenvalue weighted by molar-refractivity contribution is 6.31. The van der Waals surface area contributed by atoms with Crippen molar-refractivity contribution in [3.8, 4) is 5.75 Å². The Morgan fingerprint density at radius 3 is 3.00 bits per heavy atom. The Balaban J connectivity index is 1.90. The van der Waals surface area contributed by atoms with Gasteiger partial charge in [-0.05, 0) is 30.3 Å². The van der Waals surface area contributed by atoms with E-state index in [0.29, 0.717) is 10.6 Å². The van der Waals surface area contributed by atoms with Crippen LogP contribution in [0.4, 0.5) is 5.69 Å². The van der Waals surface area contributed by atoms with E-state index in [1.54, 1.807) is 41.3 Å². The molecule has 0 spiro atoms. The third-order valence-electron chi connectivity index (χ3n) is 2.88. The molecule has 2 aromatic heterocycles. The predicted molar refractivity (Wildman–Crippen MR) is 76.3 cm³/mol. The van der Waals surface area contributed by atoms with E-state index >= 15 is 0 Å². The van der Waals surface area contributed by atoms with Crippen molar-refractivity contribution >= 4 is 28.7 Å². The molecule has 0 aliphatic heterocycles. The van der Waals surface area contributed by atoms with Crippen LogP contribution in [0.2, 0.25) is 5.02 Å². The molecule has 0 aliphatic rings. The van der Waals surface area contributed by atoms with Gasteiger partial charge in [-0.3, -0.25) is 4.79 Å². The van der Waals surface area contributed by atoms with Gasteiger partial charge in [0.05, 0.1) is 23.7 Å². The monoisotopic (exact) mass is 287 g/mol. The topological polar surface area (TPSA) is 66.6 Å². The van der Waals surface area contributed by atoms with Crippen molar-refractivity contribution in [2.75, 3.05) is 5.32 Å². The van der Waals surface area contributed by atoms with Crippen LogP contribution in [0.15, 0.2) is 49.1 Å². The summed E-state index contributed by atoms with van der Waals surface area (Å²) in [4.78, 5) is 16.1. The van der Waals surface area contributed by atoms with E-state index in [9.17, 15) is 9.90 Å². The van der Waals surface area contributed by atoms with Crippen molar-refractivity contribution in [3.05, 3.63) is 59.6 Å². The molecule has 2 N–H and O–H groups in total. The zero-order valence-corrected chi connectivity index (χ0v) is 11.0. The molecular weight excluding hydrogens is 278 g/mol. The highest BCUT2D eigenvalue weighted by Crippen LogP contribution is 2.27. The second-order valence-electron chi connectivity index (χ2n) is 4.26. The zero-order valence-electron chi connectivity index (χ0n) is 10.2. The number of aromatic nitrogens is 2. The number of fused-ring (bicyclic) bond motifs is 1. The van der Waals surface area contributed by atoms with Crippen LogP contribution in [-0.2, 0) is 0 Å². The van der Waals surface area contributed by atoms with Crippen LogP contribution < -0.4 is 5.32 Å². The van der Waals surface area contributed by atoms with E-state index in [1.807, 2.05) is 0 Å². The first kappa shape index (κ1) is 12.5. The molecule has 0 aliphatic carbocycles. The summed E-state index contributed by atoms with van der Waals surface area (Å²) >= 11 is 5.84. The molecule has 1 amide bonds. The summed E-state index contributed by atoms with van der Waals surface area (Å²) in [5.41, 5.74) is 1.56. The van der Waals surface area contributed by atoms with E-state index in [4.69, 9.17) is 11.6 Å². The van der Waals surface area contributed by atoms with Crippen LogP contribution in [0.3, 0.4) is 0 Å². The van der Waals surface area contributed by atoms with E-state index < -0.39 is 0 Å². The number of aromatic hydroxyl groups is 1. The lowest BCUT2D eigenvalue weighted by atomic mass is 10.2. The molecule has 3 aromatic rings. The van der Waals surface area contributed by atoms with Crippen molar-refractivity contribution in [3.63, 3.8) is 0 Å². The van der Waals surface area contributed by atoms with E-state index in [-0.39, 0.29) is 17.3 Å². The number of benzene rings is 1. The largest absolute Gasteiger partial charge is 0.506 e. The van der Waals surface area contributed by atoms with Crippen LogP contribution in [0.1, 0.15) is 10.4 Å². The zero-order chi connectivity index (χ0) is 14.1. The fraction of sp³-hybridized carbons (Fsp3) is 0. The van der Waals surface area contributed by atoms with Gasteiger partial charge in [-0.25, -0.2) is 4.98 Å². The molecule has 20 heavy (non-hydrogen) atoms. The van der Waals surface area contributed by atoms with Gasteiger partial charge in [0.2, 0.25) is 0 Å². The number of rotatable bonds is 2. The number of phenols is 1. The number of carbonyl (C=O) groups excluding carboxylic acids is 1. The van der Waals surface area contributed by atoms with Gasteiger partial charge < -0.3 is 14.8 Å². The number of nitrogens with zero attached hydrogens (tertiary/aromatic N) is 2. The molecule has 2 heterocycles. The quantitative estimate of drug-likeness (QED) is 0.712. The van der Waals surface area contributed by atoms with Gasteiger partial charge in [0, 0.05) is 16.8 Å². The highest BCUT2D eigenvalue weighted by Gasteiger charge is 2.10. The first-order valence-corrected chi connectivity index (χ1v) is 6.23. The summed E-state index contributed by atoms with van der Waals surface area (Å²) in [7, 11) is 0. The van der Waals surface area contributed by atoms with Crippen molar-refractivity contribution in [2.45, 2.75) is 0 Å². The summed E-state index contributed by atoms with van der Waals surface area (Å²) in [6.45, 7) is 0. The van der Waals surface area contributed by atoms with Gasteiger partial charge in [-0.15, -0.1) is 0 Å². The molecule has 0 bridgehead atoms. The molecule has 0 radical (unpaired) electrons. The van der Waals surface area contributed by atoms with Crippen LogP contribution in [0, 0.1) is 0 Å². The number of phenolic OH excluding ortho intramolecular Hbond substituents is 1. The smallest absolute Gasteiger partial charge is 0.255 e. The van der Waals surface area contributed by atoms with Crippen LogP contribution in [0.25, 0.3) is 5.52 Å². The number of anilines is 1. The standard InChI is InChI=1S/C14H10ClN3O2/c15-10-1-2-13(19)12(6-10)17-14(20)9-3-4-18-8-16-7-11(18)5-9/h1-8,19H,(H,17,20). The maximum absolute atomic E-state index is 12.1. The Hall–Kier alpha value is -2.53. The molecule has 0 saturated carbocycles. The van der Waals surface area contributed by atoms with Crippen LogP contribution in [0.5, 0.6) is 5.75 Å². The lowest BCUT2D eigenvalue weighted by Gasteiger charge is -2.08. The number of imidazole rings is 1. The first-order chi connectivity index (χ1) is 9.63. The number of nitrogens with one attached hydrogen (secondary N) is 1. The third-order valence-corrected chi connectivity index (χ3v) is 3.12. The molecule has 6 heteroatoms. The molecule has 0 fully saturated rings. The minimum absolute atomic E-state index is 0.0341. The van der Waals surface area contributed by atoms with E-state index in [1.165, 1.54) is 12.1 Å². The van der Waals surface area contributed by atoms with Crippen molar-refractivity contribution in [1.82, 2.24) is 9.38 Å². The SMILES string of the molecule is O=C(Nc1cc(Cl)ccc1O)c1ccn2cncc2c1. The minimum Gasteiger partial charge on any atom is -0.506 e. The molecule has 100 valence electrons. The molecule has 0 unspecified atom stereocenters. The minimum atomic E-state index is -0.328. The summed E-state index contributed by atoms with van der Waals surface area (Å²) in [6, 6.07) is 7.85. The van der Waals surface area contributed by atoms with Gasteiger partial charge in [-0.2, -0.15) is 0 Å². The number of hydrogen-bond acceptors (Lipinski definition) is 3. The Morgan fingerprint density at radius 2 is 2.15 bits per heavy atom. The fourth-order valence-corrected chi connectivity index (χ4v) is 2.04. The fourth-order valence-electron chi connectivity index (χ4n) is 1.86. The lowest BCUT2D eigenvalue weighted by molar-refractivity contribution is 0.102. The lowest BCUT2D eigenvalue weighted by Crippen LogP contribution is -2.12. The summed E-state index contributed by atoms with van der Waals surface area (Å²) < 4.78 is 1.80. The molecular formula is C14H10ClN3O2. The van der Waals surface area contributed by atoms with Gasteiger partial charge in [0.25, 0.3) is 5.91 Å². The molecule has 0 saturated heterocycles. The molecule has 3 rings (SSSR count). The number of hydrogen-bond donors (Lipinski definition) is 2.